The highest BCUT2D eigenvalue weighted by Gasteiger charge is 2.12. The monoisotopic (exact) mass is 319 g/mol. The van der Waals surface area contributed by atoms with Crippen molar-refractivity contribution >= 4 is 28.2 Å². The molecule has 0 aliphatic heterocycles. The molecule has 6 heteroatoms. The van der Waals surface area contributed by atoms with Crippen molar-refractivity contribution < 1.29 is 4.74 Å². The van der Waals surface area contributed by atoms with E-state index in [2.05, 4.69) is 15.5 Å². The molecular weight excluding hydrogens is 302 g/mol. The zero-order valence-electron chi connectivity index (χ0n) is 13.5. The van der Waals surface area contributed by atoms with Crippen molar-refractivity contribution in [3.63, 3.8) is 0 Å². The van der Waals surface area contributed by atoms with E-state index in [4.69, 9.17) is 9.72 Å². The van der Waals surface area contributed by atoms with Crippen LogP contribution in [0.1, 0.15) is 12.7 Å². The Bertz CT molecular complexity index is 1010. The Hall–Kier alpha value is -3.15. The van der Waals surface area contributed by atoms with Gasteiger partial charge in [-0.1, -0.05) is 12.1 Å². The van der Waals surface area contributed by atoms with Crippen LogP contribution < -0.4 is 10.1 Å². The number of aryl methyl sites for hydroxylation is 1. The van der Waals surface area contributed by atoms with Crippen molar-refractivity contribution in [1.82, 2.24) is 19.6 Å². The summed E-state index contributed by atoms with van der Waals surface area (Å²) in [6.07, 6.45) is 0. The van der Waals surface area contributed by atoms with Gasteiger partial charge in [-0.2, -0.15) is 0 Å². The fourth-order valence-electron chi connectivity index (χ4n) is 2.74. The molecule has 0 unspecified atom stereocenters. The zero-order chi connectivity index (χ0) is 16.5. The van der Waals surface area contributed by atoms with E-state index >= 15 is 0 Å². The van der Waals surface area contributed by atoms with Crippen LogP contribution in [0.4, 0.5) is 11.5 Å². The van der Waals surface area contributed by atoms with Gasteiger partial charge in [-0.25, -0.2) is 4.98 Å². The van der Waals surface area contributed by atoms with Crippen LogP contribution in [0, 0.1) is 6.92 Å². The van der Waals surface area contributed by atoms with Gasteiger partial charge in [0.15, 0.2) is 5.82 Å². The van der Waals surface area contributed by atoms with Gasteiger partial charge in [-0.3, -0.25) is 4.40 Å². The minimum Gasteiger partial charge on any atom is -0.494 e. The summed E-state index contributed by atoms with van der Waals surface area (Å²) in [6.45, 7) is 4.56. The third-order valence-corrected chi connectivity index (χ3v) is 3.82. The quantitative estimate of drug-likeness (QED) is 0.621. The molecule has 2 aromatic carbocycles. The number of aromatic nitrogens is 4. The third-order valence-electron chi connectivity index (χ3n) is 3.82. The molecule has 0 radical (unpaired) electrons. The second-order valence-electron chi connectivity index (χ2n) is 5.44. The molecule has 0 saturated heterocycles. The maximum Gasteiger partial charge on any atom is 0.204 e. The van der Waals surface area contributed by atoms with E-state index in [1.165, 1.54) is 0 Å². The van der Waals surface area contributed by atoms with Crippen LogP contribution in [-0.4, -0.2) is 26.2 Å². The maximum absolute atomic E-state index is 5.47. The molecule has 6 nitrogen and oxygen atoms in total. The lowest BCUT2D eigenvalue weighted by molar-refractivity contribution is 0.340. The van der Waals surface area contributed by atoms with E-state index in [1.54, 1.807) is 0 Å². The van der Waals surface area contributed by atoms with Gasteiger partial charge in [0, 0.05) is 5.69 Å². The molecule has 24 heavy (non-hydrogen) atoms. The van der Waals surface area contributed by atoms with Crippen molar-refractivity contribution in [3.8, 4) is 5.75 Å². The van der Waals surface area contributed by atoms with Crippen LogP contribution in [0.3, 0.4) is 0 Å². The van der Waals surface area contributed by atoms with Crippen molar-refractivity contribution in [3.05, 3.63) is 54.4 Å². The van der Waals surface area contributed by atoms with E-state index < -0.39 is 0 Å². The fourth-order valence-corrected chi connectivity index (χ4v) is 2.74. The minimum absolute atomic E-state index is 0.651. The summed E-state index contributed by atoms with van der Waals surface area (Å²) in [4.78, 5) is 4.71. The van der Waals surface area contributed by atoms with Crippen LogP contribution in [0.2, 0.25) is 0 Å². The Morgan fingerprint density at radius 2 is 1.83 bits per heavy atom. The predicted molar refractivity (Wildman–Crippen MR) is 93.9 cm³/mol. The number of ether oxygens (including phenoxy) is 1. The van der Waals surface area contributed by atoms with E-state index in [0.29, 0.717) is 18.1 Å². The normalized spacial score (nSPS) is 11.1. The number of anilines is 2. The second kappa shape index (κ2) is 5.81. The van der Waals surface area contributed by atoms with E-state index in [1.807, 2.05) is 66.8 Å². The number of benzene rings is 2. The SMILES string of the molecule is CCOc1ccc(Nc2nc3ccccc3n3c(C)nnc23)cc1. The molecule has 0 atom stereocenters. The highest BCUT2D eigenvalue weighted by Crippen LogP contribution is 2.25. The van der Waals surface area contributed by atoms with Gasteiger partial charge in [-0.15, -0.1) is 10.2 Å². The van der Waals surface area contributed by atoms with E-state index in [-0.39, 0.29) is 0 Å². The predicted octanol–water partition coefficient (Wildman–Crippen LogP) is 3.73. The van der Waals surface area contributed by atoms with Crippen LogP contribution in [0.15, 0.2) is 48.5 Å². The molecule has 0 spiro atoms. The fraction of sp³-hybridized carbons (Fsp3) is 0.167. The van der Waals surface area contributed by atoms with Gasteiger partial charge in [0.05, 0.1) is 17.6 Å². The van der Waals surface area contributed by atoms with Gasteiger partial charge >= 0.3 is 0 Å². The standard InChI is InChI=1S/C18H17N5O/c1-3-24-14-10-8-13(9-11-14)19-17-18-22-21-12(2)23(18)16-7-5-4-6-15(16)20-17/h4-11H,3H2,1-2H3,(H,19,20). The molecular formula is C18H17N5O. The topological polar surface area (TPSA) is 64.3 Å². The number of rotatable bonds is 4. The molecule has 0 aliphatic rings. The second-order valence-corrected chi connectivity index (χ2v) is 5.44. The van der Waals surface area contributed by atoms with Crippen LogP contribution >= 0.6 is 0 Å². The summed E-state index contributed by atoms with van der Waals surface area (Å²) in [5.74, 6) is 2.36. The maximum atomic E-state index is 5.47. The Morgan fingerprint density at radius 3 is 2.62 bits per heavy atom. The third kappa shape index (κ3) is 2.42. The molecule has 0 aliphatic carbocycles. The average Bonchev–Trinajstić information content (AvgIpc) is 3.00. The number of nitrogens with one attached hydrogen (secondary N) is 1. The molecule has 0 fully saturated rings. The Labute approximate surface area is 139 Å². The first-order chi connectivity index (χ1) is 11.8. The van der Waals surface area contributed by atoms with Gasteiger partial charge in [-0.05, 0) is 50.2 Å². The molecule has 4 rings (SSSR count). The number of nitrogens with zero attached hydrogens (tertiary/aromatic N) is 4. The summed E-state index contributed by atoms with van der Waals surface area (Å²) in [7, 11) is 0. The molecule has 0 bridgehead atoms. The van der Waals surface area contributed by atoms with Crippen molar-refractivity contribution in [2.45, 2.75) is 13.8 Å². The zero-order valence-corrected chi connectivity index (χ0v) is 13.5. The van der Waals surface area contributed by atoms with E-state index in [9.17, 15) is 0 Å². The molecule has 2 aromatic heterocycles. The smallest absolute Gasteiger partial charge is 0.204 e. The van der Waals surface area contributed by atoms with E-state index in [0.717, 1.165) is 28.3 Å². The summed E-state index contributed by atoms with van der Waals surface area (Å²) in [5, 5.41) is 11.8. The highest BCUT2D eigenvalue weighted by molar-refractivity contribution is 5.84. The summed E-state index contributed by atoms with van der Waals surface area (Å²) in [5.41, 5.74) is 3.51. The van der Waals surface area contributed by atoms with Gasteiger partial charge < -0.3 is 10.1 Å². The van der Waals surface area contributed by atoms with Gasteiger partial charge in [0.1, 0.15) is 11.6 Å². The number of hydrogen-bond acceptors (Lipinski definition) is 5. The molecule has 0 saturated carbocycles. The lowest BCUT2D eigenvalue weighted by Gasteiger charge is -2.10. The molecule has 0 amide bonds. The Morgan fingerprint density at radius 1 is 1.04 bits per heavy atom. The lowest BCUT2D eigenvalue weighted by atomic mass is 10.3. The van der Waals surface area contributed by atoms with Crippen molar-refractivity contribution in [1.29, 1.82) is 0 Å². The largest absolute Gasteiger partial charge is 0.494 e. The summed E-state index contributed by atoms with van der Waals surface area (Å²) in [6, 6.07) is 15.7. The van der Waals surface area contributed by atoms with Gasteiger partial charge in [0.2, 0.25) is 5.65 Å². The van der Waals surface area contributed by atoms with Crippen LogP contribution in [0.25, 0.3) is 16.7 Å². The van der Waals surface area contributed by atoms with Gasteiger partial charge in [0.25, 0.3) is 0 Å². The van der Waals surface area contributed by atoms with Crippen LogP contribution in [0.5, 0.6) is 5.75 Å². The Kier molecular flexibility index (Phi) is 3.49. The molecule has 2 heterocycles. The molecule has 4 aromatic rings. The first-order valence-corrected chi connectivity index (χ1v) is 7.86. The molecule has 120 valence electrons. The summed E-state index contributed by atoms with van der Waals surface area (Å²) >= 11 is 0. The average molecular weight is 319 g/mol. The molecule has 1 N–H and O–H groups in total. The van der Waals surface area contributed by atoms with Crippen molar-refractivity contribution in [2.24, 2.45) is 0 Å². The summed E-state index contributed by atoms with van der Waals surface area (Å²) < 4.78 is 7.49. The van der Waals surface area contributed by atoms with Crippen LogP contribution in [-0.2, 0) is 0 Å². The first-order valence-electron chi connectivity index (χ1n) is 7.86. The van der Waals surface area contributed by atoms with Crippen molar-refractivity contribution in [2.75, 3.05) is 11.9 Å². The Balaban J connectivity index is 1.80. The number of fused-ring (bicyclic) bond motifs is 3. The minimum atomic E-state index is 0.651. The number of para-hydroxylation sites is 2. The number of hydrogen-bond donors (Lipinski definition) is 1. The first kappa shape index (κ1) is 14.4. The highest BCUT2D eigenvalue weighted by atomic mass is 16.5. The lowest BCUT2D eigenvalue weighted by Crippen LogP contribution is -2.01.